The number of nitrogens with zero attached hydrogens (tertiary/aromatic N) is 5. The number of benzene rings is 1. The van der Waals surface area contributed by atoms with Crippen LogP contribution in [0.15, 0.2) is 24.3 Å². The first-order valence-electron chi connectivity index (χ1n) is 9.64. The summed E-state index contributed by atoms with van der Waals surface area (Å²) in [6.07, 6.45) is 1.44. The fraction of sp³-hybridized carbons (Fsp3) is 0.579. The minimum Gasteiger partial charge on any atom is -0.337 e. The molecule has 0 spiro atoms. The average molecular weight is 406 g/mol. The van der Waals surface area contributed by atoms with E-state index in [4.69, 9.17) is 0 Å². The highest BCUT2D eigenvalue weighted by Crippen LogP contribution is 2.20. The summed E-state index contributed by atoms with van der Waals surface area (Å²) in [7, 11) is -3.06. The van der Waals surface area contributed by atoms with Crippen LogP contribution in [0.4, 0.5) is 0 Å². The Morgan fingerprint density at radius 2 is 2.00 bits per heavy atom. The van der Waals surface area contributed by atoms with Gasteiger partial charge in [0.05, 0.1) is 11.5 Å². The highest BCUT2D eigenvalue weighted by atomic mass is 32.2. The molecule has 0 bridgehead atoms. The first-order chi connectivity index (χ1) is 13.3. The first kappa shape index (κ1) is 20.4. The van der Waals surface area contributed by atoms with Crippen molar-refractivity contribution in [1.29, 1.82) is 0 Å². The molecule has 2 aromatic rings. The topological polar surface area (TPSA) is 98.0 Å². The molecule has 3 rings (SSSR count). The summed E-state index contributed by atoms with van der Waals surface area (Å²) < 4.78 is 23.7. The van der Waals surface area contributed by atoms with Crippen molar-refractivity contribution in [3.05, 3.63) is 29.8 Å². The van der Waals surface area contributed by atoms with Gasteiger partial charge in [0.15, 0.2) is 9.84 Å². The minimum absolute atomic E-state index is 0.0330. The zero-order valence-corrected chi connectivity index (χ0v) is 17.4. The lowest BCUT2D eigenvalue weighted by Gasteiger charge is -2.29. The van der Waals surface area contributed by atoms with E-state index in [1.807, 2.05) is 38.1 Å². The molecule has 0 unspecified atom stereocenters. The number of tetrazole rings is 1. The molecule has 9 heteroatoms. The smallest absolute Gasteiger partial charge is 0.246 e. The van der Waals surface area contributed by atoms with Gasteiger partial charge >= 0.3 is 0 Å². The van der Waals surface area contributed by atoms with Crippen molar-refractivity contribution in [2.75, 3.05) is 18.1 Å². The van der Waals surface area contributed by atoms with Crippen LogP contribution in [0.1, 0.15) is 32.8 Å². The molecule has 0 saturated carbocycles. The van der Waals surface area contributed by atoms with E-state index >= 15 is 0 Å². The lowest BCUT2D eigenvalue weighted by Crippen LogP contribution is -2.45. The van der Waals surface area contributed by atoms with Crippen LogP contribution in [0.2, 0.25) is 0 Å². The highest BCUT2D eigenvalue weighted by Gasteiger charge is 2.35. The minimum atomic E-state index is -3.06. The van der Waals surface area contributed by atoms with E-state index in [2.05, 4.69) is 22.3 Å². The quantitative estimate of drug-likeness (QED) is 0.694. The van der Waals surface area contributed by atoms with Crippen molar-refractivity contribution < 1.29 is 13.2 Å². The van der Waals surface area contributed by atoms with Crippen molar-refractivity contribution in [2.45, 2.75) is 46.2 Å². The molecule has 1 aliphatic rings. The summed E-state index contributed by atoms with van der Waals surface area (Å²) in [5.74, 6) is 0.698. The summed E-state index contributed by atoms with van der Waals surface area (Å²) in [5.41, 5.74) is 2.07. The summed E-state index contributed by atoms with van der Waals surface area (Å²) >= 11 is 0. The number of sulfone groups is 1. The van der Waals surface area contributed by atoms with Crippen LogP contribution in [0.3, 0.4) is 0 Å². The zero-order chi connectivity index (χ0) is 20.3. The Kier molecular flexibility index (Phi) is 6.12. The van der Waals surface area contributed by atoms with E-state index < -0.39 is 9.84 Å². The maximum atomic E-state index is 12.9. The monoisotopic (exact) mass is 405 g/mol. The Hall–Kier alpha value is -2.29. The molecule has 1 aromatic heterocycles. The Morgan fingerprint density at radius 1 is 1.29 bits per heavy atom. The molecule has 1 atom stereocenters. The van der Waals surface area contributed by atoms with E-state index in [-0.39, 0.29) is 35.9 Å². The molecular formula is C19H27N5O3S. The lowest BCUT2D eigenvalue weighted by atomic mass is 10.1. The van der Waals surface area contributed by atoms with Crippen molar-refractivity contribution >= 4 is 15.7 Å². The molecular weight excluding hydrogens is 378 g/mol. The molecule has 0 N–H and O–H groups in total. The second-order valence-electron chi connectivity index (χ2n) is 7.69. The summed E-state index contributed by atoms with van der Waals surface area (Å²) in [5, 5.41) is 12.4. The maximum Gasteiger partial charge on any atom is 0.246 e. The van der Waals surface area contributed by atoms with Crippen molar-refractivity contribution in [2.24, 2.45) is 5.92 Å². The van der Waals surface area contributed by atoms with Gasteiger partial charge in [0.25, 0.3) is 0 Å². The van der Waals surface area contributed by atoms with E-state index in [0.717, 1.165) is 12.0 Å². The third kappa shape index (κ3) is 4.95. The summed E-state index contributed by atoms with van der Waals surface area (Å²) in [6.45, 7) is 6.57. The van der Waals surface area contributed by atoms with Crippen LogP contribution in [-0.4, -0.2) is 63.5 Å². The van der Waals surface area contributed by atoms with Gasteiger partial charge in [-0.25, -0.2) is 8.42 Å². The van der Waals surface area contributed by atoms with Crippen LogP contribution >= 0.6 is 0 Å². The zero-order valence-electron chi connectivity index (χ0n) is 16.6. The summed E-state index contributed by atoms with van der Waals surface area (Å²) in [4.78, 5) is 15.8. The van der Waals surface area contributed by atoms with E-state index in [0.29, 0.717) is 18.8 Å². The lowest BCUT2D eigenvalue weighted by molar-refractivity contribution is -0.134. The predicted molar refractivity (Wildman–Crippen MR) is 106 cm³/mol. The number of carbonyl (C=O) groups excluding carboxylic acids is 1. The number of aryl methyl sites for hydroxylation is 1. The van der Waals surface area contributed by atoms with Gasteiger partial charge in [-0.2, -0.15) is 4.80 Å². The SMILES string of the molecule is CCc1ccc(-c2nnn(CC(=O)N(CC(C)C)[C@@H]3CCS(=O)(=O)C3)n2)cc1. The highest BCUT2D eigenvalue weighted by molar-refractivity contribution is 7.91. The van der Waals surface area contributed by atoms with Gasteiger partial charge in [-0.3, -0.25) is 4.79 Å². The second-order valence-corrected chi connectivity index (χ2v) is 9.92. The van der Waals surface area contributed by atoms with Gasteiger partial charge < -0.3 is 4.90 Å². The van der Waals surface area contributed by atoms with Gasteiger partial charge in [-0.05, 0) is 29.5 Å². The Labute approximate surface area is 165 Å². The van der Waals surface area contributed by atoms with Crippen LogP contribution < -0.4 is 0 Å². The molecule has 28 heavy (non-hydrogen) atoms. The van der Waals surface area contributed by atoms with Gasteiger partial charge in [0.1, 0.15) is 6.54 Å². The maximum absolute atomic E-state index is 12.9. The third-order valence-electron chi connectivity index (χ3n) is 4.88. The third-order valence-corrected chi connectivity index (χ3v) is 6.63. The van der Waals surface area contributed by atoms with Gasteiger partial charge in [0, 0.05) is 18.2 Å². The van der Waals surface area contributed by atoms with Crippen molar-refractivity contribution in [3.8, 4) is 11.4 Å². The van der Waals surface area contributed by atoms with E-state index in [9.17, 15) is 13.2 Å². The molecule has 8 nitrogen and oxygen atoms in total. The Bertz CT molecular complexity index is 921. The Morgan fingerprint density at radius 3 is 2.57 bits per heavy atom. The molecule has 0 radical (unpaired) electrons. The van der Waals surface area contributed by atoms with Crippen molar-refractivity contribution in [1.82, 2.24) is 25.1 Å². The molecule has 2 heterocycles. The van der Waals surface area contributed by atoms with Crippen LogP contribution in [0, 0.1) is 5.92 Å². The molecule has 1 fully saturated rings. The number of aromatic nitrogens is 4. The molecule has 152 valence electrons. The number of rotatable bonds is 7. The fourth-order valence-electron chi connectivity index (χ4n) is 3.40. The molecule has 0 aliphatic carbocycles. The average Bonchev–Trinajstić information content (AvgIpc) is 3.25. The van der Waals surface area contributed by atoms with Crippen LogP contribution in [0.25, 0.3) is 11.4 Å². The molecule has 1 amide bonds. The summed E-state index contributed by atoms with van der Waals surface area (Å²) in [6, 6.07) is 7.65. The van der Waals surface area contributed by atoms with E-state index in [1.165, 1.54) is 10.4 Å². The first-order valence-corrected chi connectivity index (χ1v) is 11.5. The van der Waals surface area contributed by atoms with Crippen LogP contribution in [0.5, 0.6) is 0 Å². The molecule has 1 aromatic carbocycles. The normalized spacial score (nSPS) is 18.5. The van der Waals surface area contributed by atoms with Gasteiger partial charge in [-0.1, -0.05) is 45.0 Å². The van der Waals surface area contributed by atoms with Crippen LogP contribution in [-0.2, 0) is 27.6 Å². The fourth-order valence-corrected chi connectivity index (χ4v) is 5.13. The van der Waals surface area contributed by atoms with Crippen molar-refractivity contribution in [3.63, 3.8) is 0 Å². The predicted octanol–water partition coefficient (Wildman–Crippen LogP) is 1.57. The number of amides is 1. The number of carbonyl (C=O) groups is 1. The number of hydrogen-bond acceptors (Lipinski definition) is 6. The van der Waals surface area contributed by atoms with Gasteiger partial charge in [-0.15, -0.1) is 10.2 Å². The largest absolute Gasteiger partial charge is 0.337 e. The Balaban J connectivity index is 1.72. The van der Waals surface area contributed by atoms with E-state index in [1.54, 1.807) is 4.90 Å². The van der Waals surface area contributed by atoms with Gasteiger partial charge in [0.2, 0.25) is 11.7 Å². The standard InChI is InChI=1S/C19H27N5O3S/c1-4-15-5-7-16(8-6-15)19-20-22-24(21-19)12-18(25)23(11-14(2)3)17-9-10-28(26,27)13-17/h5-8,14,17H,4,9-13H2,1-3H3/t17-/m1/s1. The second kappa shape index (κ2) is 8.38. The number of hydrogen-bond donors (Lipinski definition) is 0. The molecule has 1 aliphatic heterocycles. The molecule has 1 saturated heterocycles.